The summed E-state index contributed by atoms with van der Waals surface area (Å²) in [4.78, 5) is 0. The van der Waals surface area contributed by atoms with E-state index in [1.165, 1.54) is 11.3 Å². The molecule has 2 rings (SSSR count). The summed E-state index contributed by atoms with van der Waals surface area (Å²) >= 11 is 3.52. The van der Waals surface area contributed by atoms with Gasteiger partial charge in [0.25, 0.3) is 0 Å². The molecule has 2 atom stereocenters. The summed E-state index contributed by atoms with van der Waals surface area (Å²) in [7, 11) is 0. The first-order valence-corrected chi connectivity index (χ1v) is 7.15. The highest BCUT2D eigenvalue weighted by Crippen LogP contribution is 2.25. The summed E-state index contributed by atoms with van der Waals surface area (Å²) in [5.41, 5.74) is 2.65. The molecule has 1 heterocycles. The van der Waals surface area contributed by atoms with Crippen LogP contribution in [0.5, 0.6) is 0 Å². The number of anilines is 1. The van der Waals surface area contributed by atoms with E-state index in [2.05, 4.69) is 53.3 Å². The lowest BCUT2D eigenvalue weighted by Gasteiger charge is -2.29. The quantitative estimate of drug-likeness (QED) is 0.911. The second-order valence-electron chi connectivity index (χ2n) is 4.70. The van der Waals surface area contributed by atoms with Crippen molar-refractivity contribution in [2.24, 2.45) is 0 Å². The Labute approximate surface area is 112 Å². The van der Waals surface area contributed by atoms with Crippen molar-refractivity contribution in [2.75, 3.05) is 11.9 Å². The lowest BCUT2D eigenvalue weighted by atomic mass is 10.0. The molecule has 17 heavy (non-hydrogen) atoms. The van der Waals surface area contributed by atoms with Crippen LogP contribution in [0.15, 0.2) is 22.7 Å². The average molecular weight is 298 g/mol. The summed E-state index contributed by atoms with van der Waals surface area (Å²) in [5, 5.41) is 3.66. The van der Waals surface area contributed by atoms with Crippen molar-refractivity contribution in [2.45, 2.75) is 45.3 Å². The Kier molecular flexibility index (Phi) is 4.46. The molecule has 3 heteroatoms. The Morgan fingerprint density at radius 2 is 2.29 bits per heavy atom. The molecule has 1 aliphatic heterocycles. The molecule has 1 fully saturated rings. The molecule has 0 bridgehead atoms. The highest BCUT2D eigenvalue weighted by molar-refractivity contribution is 9.10. The first kappa shape index (κ1) is 12.9. The van der Waals surface area contributed by atoms with Gasteiger partial charge in [-0.05, 0) is 49.9 Å². The maximum atomic E-state index is 5.57. The van der Waals surface area contributed by atoms with Crippen molar-refractivity contribution in [1.82, 2.24) is 0 Å². The number of nitrogens with one attached hydrogen (secondary N) is 1. The topological polar surface area (TPSA) is 21.3 Å². The fourth-order valence-corrected chi connectivity index (χ4v) is 2.75. The second-order valence-corrected chi connectivity index (χ2v) is 5.62. The number of aryl methyl sites for hydroxylation is 1. The van der Waals surface area contributed by atoms with Gasteiger partial charge in [-0.3, -0.25) is 0 Å². The SMILES string of the molecule is CCc1cc(Br)ccc1NC1CCOC(C)C1. The fourth-order valence-electron chi connectivity index (χ4n) is 2.34. The zero-order valence-corrected chi connectivity index (χ0v) is 12.1. The van der Waals surface area contributed by atoms with Gasteiger partial charge in [0.05, 0.1) is 6.10 Å². The van der Waals surface area contributed by atoms with Crippen LogP contribution < -0.4 is 5.32 Å². The Morgan fingerprint density at radius 1 is 1.47 bits per heavy atom. The van der Waals surface area contributed by atoms with Crippen LogP contribution in [0, 0.1) is 0 Å². The number of rotatable bonds is 3. The maximum Gasteiger partial charge on any atom is 0.0566 e. The monoisotopic (exact) mass is 297 g/mol. The molecule has 1 aromatic carbocycles. The Balaban J connectivity index is 2.07. The van der Waals surface area contributed by atoms with Gasteiger partial charge in [0.2, 0.25) is 0 Å². The number of halogens is 1. The van der Waals surface area contributed by atoms with E-state index < -0.39 is 0 Å². The van der Waals surface area contributed by atoms with Gasteiger partial charge < -0.3 is 10.1 Å². The van der Waals surface area contributed by atoms with Gasteiger partial charge in [0, 0.05) is 22.8 Å². The zero-order valence-electron chi connectivity index (χ0n) is 10.5. The van der Waals surface area contributed by atoms with Crippen molar-refractivity contribution in [3.05, 3.63) is 28.2 Å². The van der Waals surface area contributed by atoms with Gasteiger partial charge in [-0.2, -0.15) is 0 Å². The van der Waals surface area contributed by atoms with E-state index in [9.17, 15) is 0 Å². The molecule has 2 unspecified atom stereocenters. The number of benzene rings is 1. The molecular weight excluding hydrogens is 278 g/mol. The molecular formula is C14H20BrNO. The lowest BCUT2D eigenvalue weighted by molar-refractivity contribution is 0.0232. The molecule has 0 aromatic heterocycles. The second kappa shape index (κ2) is 5.87. The number of hydrogen-bond acceptors (Lipinski definition) is 2. The molecule has 0 amide bonds. The molecule has 0 radical (unpaired) electrons. The number of ether oxygens (including phenoxy) is 1. The predicted molar refractivity (Wildman–Crippen MR) is 75.6 cm³/mol. The minimum Gasteiger partial charge on any atom is -0.382 e. The Morgan fingerprint density at radius 3 is 3.00 bits per heavy atom. The highest BCUT2D eigenvalue weighted by atomic mass is 79.9. The van der Waals surface area contributed by atoms with Gasteiger partial charge in [0.1, 0.15) is 0 Å². The van der Waals surface area contributed by atoms with E-state index in [1.807, 2.05) is 0 Å². The van der Waals surface area contributed by atoms with E-state index in [4.69, 9.17) is 4.74 Å². The molecule has 1 saturated heterocycles. The molecule has 0 saturated carbocycles. The summed E-state index contributed by atoms with van der Waals surface area (Å²) in [5.74, 6) is 0. The van der Waals surface area contributed by atoms with Crippen molar-refractivity contribution >= 4 is 21.6 Å². The van der Waals surface area contributed by atoms with Crippen molar-refractivity contribution in [3.63, 3.8) is 0 Å². The molecule has 1 aliphatic rings. The molecule has 2 nitrogen and oxygen atoms in total. The average Bonchev–Trinajstić information content (AvgIpc) is 2.31. The van der Waals surface area contributed by atoms with Crippen molar-refractivity contribution < 1.29 is 4.74 Å². The minimum absolute atomic E-state index is 0.377. The van der Waals surface area contributed by atoms with Gasteiger partial charge in [0.15, 0.2) is 0 Å². The van der Waals surface area contributed by atoms with E-state index in [0.29, 0.717) is 12.1 Å². The summed E-state index contributed by atoms with van der Waals surface area (Å²) in [6, 6.07) is 7.02. The highest BCUT2D eigenvalue weighted by Gasteiger charge is 2.19. The van der Waals surface area contributed by atoms with Crippen molar-refractivity contribution in [1.29, 1.82) is 0 Å². The van der Waals surface area contributed by atoms with E-state index in [1.54, 1.807) is 0 Å². The lowest BCUT2D eigenvalue weighted by Crippen LogP contribution is -2.32. The van der Waals surface area contributed by atoms with Crippen LogP contribution in [0.4, 0.5) is 5.69 Å². The van der Waals surface area contributed by atoms with Gasteiger partial charge >= 0.3 is 0 Å². The van der Waals surface area contributed by atoms with Crippen LogP contribution in [-0.4, -0.2) is 18.8 Å². The van der Waals surface area contributed by atoms with Gasteiger partial charge in [-0.1, -0.05) is 22.9 Å². The van der Waals surface area contributed by atoms with Gasteiger partial charge in [-0.25, -0.2) is 0 Å². The fraction of sp³-hybridized carbons (Fsp3) is 0.571. The van der Waals surface area contributed by atoms with Crippen LogP contribution in [-0.2, 0) is 11.2 Å². The van der Waals surface area contributed by atoms with Crippen LogP contribution in [0.3, 0.4) is 0 Å². The molecule has 94 valence electrons. The van der Waals surface area contributed by atoms with Crippen LogP contribution >= 0.6 is 15.9 Å². The third kappa shape index (κ3) is 3.46. The minimum atomic E-state index is 0.377. The van der Waals surface area contributed by atoms with E-state index >= 15 is 0 Å². The smallest absolute Gasteiger partial charge is 0.0566 e. The Hall–Kier alpha value is -0.540. The summed E-state index contributed by atoms with van der Waals surface area (Å²) in [6.07, 6.45) is 3.63. The van der Waals surface area contributed by atoms with E-state index in [0.717, 1.165) is 30.3 Å². The third-order valence-electron chi connectivity index (χ3n) is 3.29. The number of hydrogen-bond donors (Lipinski definition) is 1. The molecule has 0 spiro atoms. The first-order valence-electron chi connectivity index (χ1n) is 6.35. The summed E-state index contributed by atoms with van der Waals surface area (Å²) < 4.78 is 6.73. The van der Waals surface area contributed by atoms with Crippen LogP contribution in [0.2, 0.25) is 0 Å². The molecule has 1 N–H and O–H groups in total. The Bertz CT molecular complexity index is 380. The molecule has 1 aromatic rings. The first-order chi connectivity index (χ1) is 8.19. The molecule has 0 aliphatic carbocycles. The van der Waals surface area contributed by atoms with E-state index in [-0.39, 0.29) is 0 Å². The maximum absolute atomic E-state index is 5.57. The normalized spacial score (nSPS) is 24.6. The predicted octanol–water partition coefficient (Wildman–Crippen LogP) is 3.99. The summed E-state index contributed by atoms with van der Waals surface area (Å²) in [6.45, 7) is 5.21. The van der Waals surface area contributed by atoms with Gasteiger partial charge in [-0.15, -0.1) is 0 Å². The van der Waals surface area contributed by atoms with Crippen LogP contribution in [0.1, 0.15) is 32.3 Å². The van der Waals surface area contributed by atoms with Crippen LogP contribution in [0.25, 0.3) is 0 Å². The zero-order chi connectivity index (χ0) is 12.3. The van der Waals surface area contributed by atoms with Crippen molar-refractivity contribution in [3.8, 4) is 0 Å². The standard InChI is InChI=1S/C14H20BrNO/c1-3-11-9-12(15)4-5-14(11)16-13-6-7-17-10(2)8-13/h4-5,9-10,13,16H,3,6-8H2,1-2H3. The largest absolute Gasteiger partial charge is 0.382 e. The third-order valence-corrected chi connectivity index (χ3v) is 3.79.